The van der Waals surface area contributed by atoms with Crippen LogP contribution in [-0.2, 0) is 6.42 Å². The van der Waals surface area contributed by atoms with E-state index in [2.05, 4.69) is 24.8 Å². The Kier molecular flexibility index (Phi) is 5.03. The van der Waals surface area contributed by atoms with Crippen molar-refractivity contribution in [2.45, 2.75) is 33.1 Å². The monoisotopic (exact) mass is 272 g/mol. The van der Waals surface area contributed by atoms with E-state index in [1.54, 1.807) is 0 Å². The molecule has 0 bridgehead atoms. The van der Waals surface area contributed by atoms with E-state index in [-0.39, 0.29) is 0 Å². The summed E-state index contributed by atoms with van der Waals surface area (Å²) >= 11 is 0. The standard InChI is InChI=1S/C17H24N2O/c1-17(2)9-3-11-19(14-17)12-13-20-16-6-4-15(5-7-16)8-10-18/h4-7H,3,8-9,11-14H2,1-2H3. The Morgan fingerprint density at radius 1 is 1.30 bits per heavy atom. The van der Waals surface area contributed by atoms with Crippen LogP contribution in [0, 0.1) is 16.7 Å². The topological polar surface area (TPSA) is 36.3 Å². The molecular weight excluding hydrogens is 248 g/mol. The summed E-state index contributed by atoms with van der Waals surface area (Å²) in [5.41, 5.74) is 1.48. The van der Waals surface area contributed by atoms with Crippen molar-refractivity contribution in [2.75, 3.05) is 26.2 Å². The van der Waals surface area contributed by atoms with Gasteiger partial charge < -0.3 is 4.74 Å². The van der Waals surface area contributed by atoms with E-state index in [0.717, 1.165) is 31.0 Å². The van der Waals surface area contributed by atoms with E-state index in [1.165, 1.54) is 19.4 Å². The van der Waals surface area contributed by atoms with Crippen LogP contribution < -0.4 is 4.74 Å². The van der Waals surface area contributed by atoms with Gasteiger partial charge in [-0.3, -0.25) is 4.90 Å². The fourth-order valence-corrected chi connectivity index (χ4v) is 2.82. The molecule has 0 amide bonds. The molecule has 0 unspecified atom stereocenters. The maximum atomic E-state index is 8.63. The van der Waals surface area contributed by atoms with Gasteiger partial charge in [-0.15, -0.1) is 0 Å². The van der Waals surface area contributed by atoms with Gasteiger partial charge in [0.05, 0.1) is 12.5 Å². The molecule has 0 radical (unpaired) electrons. The smallest absolute Gasteiger partial charge is 0.119 e. The van der Waals surface area contributed by atoms with Crippen molar-refractivity contribution in [3.05, 3.63) is 29.8 Å². The second-order valence-corrected chi connectivity index (χ2v) is 6.37. The summed E-state index contributed by atoms with van der Waals surface area (Å²) in [5, 5.41) is 8.63. The van der Waals surface area contributed by atoms with E-state index in [0.29, 0.717) is 11.8 Å². The van der Waals surface area contributed by atoms with Crippen molar-refractivity contribution >= 4 is 0 Å². The van der Waals surface area contributed by atoms with Gasteiger partial charge in [0, 0.05) is 13.1 Å². The van der Waals surface area contributed by atoms with E-state index < -0.39 is 0 Å². The molecule has 1 aromatic rings. The van der Waals surface area contributed by atoms with Crippen molar-refractivity contribution in [2.24, 2.45) is 5.41 Å². The zero-order chi connectivity index (χ0) is 14.4. The van der Waals surface area contributed by atoms with Gasteiger partial charge in [0.2, 0.25) is 0 Å². The minimum Gasteiger partial charge on any atom is -0.492 e. The molecule has 0 saturated carbocycles. The highest BCUT2D eigenvalue weighted by atomic mass is 16.5. The lowest BCUT2D eigenvalue weighted by atomic mass is 9.84. The minimum atomic E-state index is 0.442. The first-order valence-corrected chi connectivity index (χ1v) is 7.40. The minimum absolute atomic E-state index is 0.442. The van der Waals surface area contributed by atoms with Crippen LogP contribution in [0.15, 0.2) is 24.3 Å². The number of nitrogens with zero attached hydrogens (tertiary/aromatic N) is 2. The maximum Gasteiger partial charge on any atom is 0.119 e. The van der Waals surface area contributed by atoms with Crippen LogP contribution in [0.4, 0.5) is 0 Å². The Labute approximate surface area is 122 Å². The zero-order valence-corrected chi connectivity index (χ0v) is 12.6. The van der Waals surface area contributed by atoms with Gasteiger partial charge in [-0.05, 0) is 42.5 Å². The van der Waals surface area contributed by atoms with E-state index in [1.807, 2.05) is 24.3 Å². The van der Waals surface area contributed by atoms with Gasteiger partial charge in [-0.1, -0.05) is 26.0 Å². The van der Waals surface area contributed by atoms with Crippen LogP contribution in [0.5, 0.6) is 5.75 Å². The molecule has 0 atom stereocenters. The Hall–Kier alpha value is -1.53. The molecule has 1 aliphatic rings. The molecule has 1 fully saturated rings. The molecule has 3 heteroatoms. The van der Waals surface area contributed by atoms with Crippen molar-refractivity contribution in [1.29, 1.82) is 5.26 Å². The Morgan fingerprint density at radius 2 is 2.05 bits per heavy atom. The number of piperidine rings is 1. The number of hydrogen-bond donors (Lipinski definition) is 0. The van der Waals surface area contributed by atoms with Crippen molar-refractivity contribution in [3.63, 3.8) is 0 Å². The lowest BCUT2D eigenvalue weighted by Crippen LogP contribution is -2.41. The number of hydrogen-bond acceptors (Lipinski definition) is 3. The van der Waals surface area contributed by atoms with Gasteiger partial charge in [0.15, 0.2) is 0 Å². The molecule has 1 aromatic carbocycles. The lowest BCUT2D eigenvalue weighted by molar-refractivity contribution is 0.102. The number of rotatable bonds is 5. The summed E-state index contributed by atoms with van der Waals surface area (Å²) in [6, 6.07) is 9.97. The Bertz CT molecular complexity index is 459. The molecule has 1 saturated heterocycles. The largest absolute Gasteiger partial charge is 0.492 e. The number of nitriles is 1. The predicted molar refractivity (Wildman–Crippen MR) is 80.7 cm³/mol. The second-order valence-electron chi connectivity index (χ2n) is 6.37. The third-order valence-electron chi connectivity index (χ3n) is 3.86. The molecule has 0 aromatic heterocycles. The molecule has 3 nitrogen and oxygen atoms in total. The van der Waals surface area contributed by atoms with Gasteiger partial charge in [-0.2, -0.15) is 5.26 Å². The van der Waals surface area contributed by atoms with Crippen LogP contribution >= 0.6 is 0 Å². The van der Waals surface area contributed by atoms with Crippen molar-refractivity contribution in [1.82, 2.24) is 4.90 Å². The van der Waals surface area contributed by atoms with E-state index >= 15 is 0 Å². The number of benzene rings is 1. The third kappa shape index (κ3) is 4.54. The van der Waals surface area contributed by atoms with Gasteiger partial charge in [-0.25, -0.2) is 0 Å². The average Bonchev–Trinajstić information content (AvgIpc) is 2.40. The molecule has 0 spiro atoms. The molecule has 1 heterocycles. The molecular formula is C17H24N2O. The fourth-order valence-electron chi connectivity index (χ4n) is 2.82. The molecule has 1 aliphatic heterocycles. The highest BCUT2D eigenvalue weighted by molar-refractivity contribution is 5.28. The van der Waals surface area contributed by atoms with Gasteiger partial charge in [0.1, 0.15) is 12.4 Å². The quantitative estimate of drug-likeness (QED) is 0.825. The number of likely N-dealkylation sites (tertiary alicyclic amines) is 1. The van der Waals surface area contributed by atoms with Crippen LogP contribution in [0.2, 0.25) is 0 Å². The maximum absolute atomic E-state index is 8.63. The van der Waals surface area contributed by atoms with E-state index in [4.69, 9.17) is 10.00 Å². The summed E-state index contributed by atoms with van der Waals surface area (Å²) in [4.78, 5) is 2.49. The Balaban J connectivity index is 1.74. The third-order valence-corrected chi connectivity index (χ3v) is 3.86. The average molecular weight is 272 g/mol. The normalized spacial score (nSPS) is 18.4. The lowest BCUT2D eigenvalue weighted by Gasteiger charge is -2.37. The highest BCUT2D eigenvalue weighted by Crippen LogP contribution is 2.28. The summed E-state index contributed by atoms with van der Waals surface area (Å²) < 4.78 is 5.79. The first-order chi connectivity index (χ1) is 9.59. The van der Waals surface area contributed by atoms with Crippen LogP contribution in [0.25, 0.3) is 0 Å². The van der Waals surface area contributed by atoms with Crippen LogP contribution in [0.3, 0.4) is 0 Å². The summed E-state index contributed by atoms with van der Waals surface area (Å²) in [7, 11) is 0. The van der Waals surface area contributed by atoms with Crippen LogP contribution in [-0.4, -0.2) is 31.1 Å². The summed E-state index contributed by atoms with van der Waals surface area (Å²) in [5.74, 6) is 0.892. The first-order valence-electron chi connectivity index (χ1n) is 7.40. The van der Waals surface area contributed by atoms with Crippen molar-refractivity contribution < 1.29 is 4.74 Å². The van der Waals surface area contributed by atoms with E-state index in [9.17, 15) is 0 Å². The molecule has 0 N–H and O–H groups in total. The SMILES string of the molecule is CC1(C)CCCN(CCOc2ccc(CC#N)cc2)C1. The highest BCUT2D eigenvalue weighted by Gasteiger charge is 2.25. The molecule has 108 valence electrons. The van der Waals surface area contributed by atoms with Gasteiger partial charge >= 0.3 is 0 Å². The second kappa shape index (κ2) is 6.76. The number of ether oxygens (including phenoxy) is 1. The fraction of sp³-hybridized carbons (Fsp3) is 0.588. The van der Waals surface area contributed by atoms with Crippen molar-refractivity contribution in [3.8, 4) is 11.8 Å². The molecule has 2 rings (SSSR count). The van der Waals surface area contributed by atoms with Gasteiger partial charge in [0.25, 0.3) is 0 Å². The molecule has 20 heavy (non-hydrogen) atoms. The zero-order valence-electron chi connectivity index (χ0n) is 12.6. The predicted octanol–water partition coefficient (Wildman–Crippen LogP) is 3.25. The molecule has 0 aliphatic carbocycles. The summed E-state index contributed by atoms with van der Waals surface area (Å²) in [6.07, 6.45) is 3.07. The Morgan fingerprint density at radius 3 is 2.70 bits per heavy atom. The van der Waals surface area contributed by atoms with Crippen LogP contribution in [0.1, 0.15) is 32.3 Å². The summed E-state index contributed by atoms with van der Waals surface area (Å²) in [6.45, 7) is 8.75. The first kappa shape index (κ1) is 14.9.